The number of hydrogen-bond acceptors (Lipinski definition) is 8. The number of carbonyl (C=O) groups excluding carboxylic acids is 2. The Labute approximate surface area is 165 Å². The van der Waals surface area contributed by atoms with Crippen molar-refractivity contribution in [2.24, 2.45) is 5.92 Å². The number of rotatable bonds is 4. The fourth-order valence-corrected chi connectivity index (χ4v) is 5.05. The van der Waals surface area contributed by atoms with E-state index < -0.39 is 17.0 Å². The molecule has 0 aliphatic carbocycles. The van der Waals surface area contributed by atoms with Crippen molar-refractivity contribution in [1.29, 1.82) is 5.26 Å². The molecular formula is C16H11ClN4O4S2. The van der Waals surface area contributed by atoms with E-state index >= 15 is 0 Å². The molecule has 1 atom stereocenters. The molecule has 138 valence electrons. The van der Waals surface area contributed by atoms with Crippen LogP contribution >= 0.6 is 22.9 Å². The molecule has 2 aliphatic rings. The summed E-state index contributed by atoms with van der Waals surface area (Å²) in [6.07, 6.45) is 0. The van der Waals surface area contributed by atoms with Gasteiger partial charge in [-0.15, -0.1) is 11.3 Å². The van der Waals surface area contributed by atoms with Gasteiger partial charge in [-0.2, -0.15) is 5.26 Å². The fraction of sp³-hybridized carbons (Fsp3) is 0.250. The van der Waals surface area contributed by atoms with Gasteiger partial charge in [0.05, 0.1) is 27.1 Å². The number of cyclic esters (lactones) is 1. The third-order valence-corrected chi connectivity index (χ3v) is 6.86. The lowest BCUT2D eigenvalue weighted by Gasteiger charge is -2.39. The maximum Gasteiger partial charge on any atom is 0.340 e. The number of thiophene rings is 1. The minimum Gasteiger partial charge on any atom is -0.455 e. The van der Waals surface area contributed by atoms with Crippen LogP contribution in [0.15, 0.2) is 22.4 Å². The number of fused-ring (bicyclic) bond motifs is 1. The van der Waals surface area contributed by atoms with Crippen molar-refractivity contribution in [3.63, 3.8) is 0 Å². The van der Waals surface area contributed by atoms with E-state index in [9.17, 15) is 19.1 Å². The number of anilines is 1. The van der Waals surface area contributed by atoms with Crippen LogP contribution in [0.1, 0.15) is 21.6 Å². The molecule has 0 bridgehead atoms. The standard InChI is InChI=1S/C16H11ClN4O4S2/c17-12-1-2-13(26-12)27(24)20-15(22)9-5-21(6-9)14-8(4-18)3-10-11(19-14)7-25-16(10)23/h1-3,9H,5-7H2,(H,20,22). The average Bonchev–Trinajstić information content (AvgIpc) is 3.19. The number of halogens is 1. The Morgan fingerprint density at radius 3 is 2.93 bits per heavy atom. The monoisotopic (exact) mass is 422 g/mol. The number of nitriles is 1. The molecule has 1 amide bonds. The first kappa shape index (κ1) is 17.9. The van der Waals surface area contributed by atoms with Gasteiger partial charge in [0, 0.05) is 13.1 Å². The summed E-state index contributed by atoms with van der Waals surface area (Å²) >= 11 is 6.95. The Kier molecular flexibility index (Phi) is 4.59. The summed E-state index contributed by atoms with van der Waals surface area (Å²) in [7, 11) is -1.65. The predicted octanol–water partition coefficient (Wildman–Crippen LogP) is 1.61. The molecule has 0 spiro atoms. The van der Waals surface area contributed by atoms with Crippen molar-refractivity contribution in [3.8, 4) is 6.07 Å². The van der Waals surface area contributed by atoms with Crippen LogP contribution in [0.3, 0.4) is 0 Å². The summed E-state index contributed by atoms with van der Waals surface area (Å²) in [5.41, 5.74) is 1.04. The molecule has 27 heavy (non-hydrogen) atoms. The second-order valence-corrected chi connectivity index (χ2v) is 9.09. The van der Waals surface area contributed by atoms with Crippen molar-refractivity contribution in [2.75, 3.05) is 18.0 Å². The lowest BCUT2D eigenvalue weighted by atomic mass is 9.98. The first-order valence-corrected chi connectivity index (χ1v) is 10.1. The molecule has 1 unspecified atom stereocenters. The average molecular weight is 423 g/mol. The lowest BCUT2D eigenvalue weighted by Crippen LogP contribution is -2.54. The smallest absolute Gasteiger partial charge is 0.340 e. The first-order valence-electron chi connectivity index (χ1n) is 7.80. The molecule has 4 rings (SSSR count). The van der Waals surface area contributed by atoms with Gasteiger partial charge in [-0.05, 0) is 18.2 Å². The van der Waals surface area contributed by atoms with E-state index in [1.807, 2.05) is 6.07 Å². The second kappa shape index (κ2) is 6.92. The number of carbonyl (C=O) groups is 2. The number of aromatic nitrogens is 1. The zero-order valence-electron chi connectivity index (χ0n) is 13.6. The summed E-state index contributed by atoms with van der Waals surface area (Å²) in [4.78, 5) is 30.0. The summed E-state index contributed by atoms with van der Waals surface area (Å²) in [6, 6.07) is 6.71. The Morgan fingerprint density at radius 2 is 2.26 bits per heavy atom. The van der Waals surface area contributed by atoms with Gasteiger partial charge in [0.2, 0.25) is 5.91 Å². The first-order chi connectivity index (χ1) is 13.0. The summed E-state index contributed by atoms with van der Waals surface area (Å²) in [6.45, 7) is 0.750. The summed E-state index contributed by atoms with van der Waals surface area (Å²) < 4.78 is 20.5. The van der Waals surface area contributed by atoms with Gasteiger partial charge in [0.25, 0.3) is 0 Å². The molecule has 0 saturated carbocycles. The number of amides is 1. The molecule has 2 aliphatic heterocycles. The van der Waals surface area contributed by atoms with Crippen LogP contribution in [-0.4, -0.2) is 34.2 Å². The van der Waals surface area contributed by atoms with E-state index in [-0.39, 0.29) is 24.0 Å². The topological polar surface area (TPSA) is 112 Å². The van der Waals surface area contributed by atoms with Gasteiger partial charge in [0.15, 0.2) is 11.0 Å². The third-order valence-electron chi connectivity index (χ3n) is 4.24. The highest BCUT2D eigenvalue weighted by molar-refractivity contribution is 7.86. The van der Waals surface area contributed by atoms with Gasteiger partial charge in [-0.3, -0.25) is 9.52 Å². The number of esters is 1. The predicted molar refractivity (Wildman–Crippen MR) is 97.7 cm³/mol. The summed E-state index contributed by atoms with van der Waals surface area (Å²) in [5.74, 6) is -0.779. The van der Waals surface area contributed by atoms with Crippen molar-refractivity contribution in [2.45, 2.75) is 10.8 Å². The number of ether oxygens (including phenoxy) is 1. The zero-order chi connectivity index (χ0) is 19.1. The van der Waals surface area contributed by atoms with Crippen LogP contribution in [-0.2, 0) is 27.1 Å². The number of hydrogen-bond donors (Lipinski definition) is 1. The van der Waals surface area contributed by atoms with E-state index in [1.54, 1.807) is 17.0 Å². The van der Waals surface area contributed by atoms with Gasteiger partial charge in [-0.1, -0.05) is 11.6 Å². The van der Waals surface area contributed by atoms with Gasteiger partial charge in [0.1, 0.15) is 22.7 Å². The maximum atomic E-state index is 12.3. The van der Waals surface area contributed by atoms with E-state index in [0.29, 0.717) is 38.7 Å². The molecule has 4 heterocycles. The highest BCUT2D eigenvalue weighted by Gasteiger charge is 2.37. The number of nitrogens with zero attached hydrogens (tertiary/aromatic N) is 3. The molecule has 11 heteroatoms. The second-order valence-electron chi connectivity index (χ2n) is 5.94. The number of pyridine rings is 1. The third kappa shape index (κ3) is 3.29. The molecule has 0 aromatic carbocycles. The molecule has 0 radical (unpaired) electrons. The van der Waals surface area contributed by atoms with Crippen LogP contribution in [0.5, 0.6) is 0 Å². The SMILES string of the molecule is N#Cc1cc2c(nc1N1CC(C(=O)NS(=O)c3ccc(Cl)s3)C1)COC2=O. The minimum absolute atomic E-state index is 0.0764. The number of nitrogens with one attached hydrogen (secondary N) is 1. The van der Waals surface area contributed by atoms with Gasteiger partial charge >= 0.3 is 5.97 Å². The highest BCUT2D eigenvalue weighted by Crippen LogP contribution is 2.30. The van der Waals surface area contributed by atoms with Crippen LogP contribution in [0.4, 0.5) is 5.82 Å². The quantitative estimate of drug-likeness (QED) is 0.745. The Balaban J connectivity index is 1.42. The molecular weight excluding hydrogens is 412 g/mol. The Morgan fingerprint density at radius 1 is 1.48 bits per heavy atom. The normalized spacial score (nSPS) is 16.9. The van der Waals surface area contributed by atoms with E-state index in [0.717, 1.165) is 11.3 Å². The van der Waals surface area contributed by atoms with E-state index in [1.165, 1.54) is 6.07 Å². The Bertz CT molecular complexity index is 1030. The zero-order valence-corrected chi connectivity index (χ0v) is 16.0. The van der Waals surface area contributed by atoms with Gasteiger partial charge in [-0.25, -0.2) is 14.0 Å². The van der Waals surface area contributed by atoms with Crippen molar-refractivity contribution >= 4 is 51.6 Å². The van der Waals surface area contributed by atoms with E-state index in [4.69, 9.17) is 16.3 Å². The largest absolute Gasteiger partial charge is 0.455 e. The maximum absolute atomic E-state index is 12.3. The van der Waals surface area contributed by atoms with Crippen LogP contribution in [0, 0.1) is 17.2 Å². The van der Waals surface area contributed by atoms with Crippen molar-refractivity contribution in [1.82, 2.24) is 9.71 Å². The molecule has 1 fully saturated rings. The summed E-state index contributed by atoms with van der Waals surface area (Å²) in [5, 5.41) is 9.33. The molecule has 2 aromatic heterocycles. The lowest BCUT2D eigenvalue weighted by molar-refractivity contribution is -0.123. The minimum atomic E-state index is -1.65. The molecule has 2 aromatic rings. The van der Waals surface area contributed by atoms with Crippen LogP contribution in [0.25, 0.3) is 0 Å². The van der Waals surface area contributed by atoms with Gasteiger partial charge < -0.3 is 9.64 Å². The molecule has 1 saturated heterocycles. The van der Waals surface area contributed by atoms with Crippen LogP contribution < -0.4 is 9.62 Å². The molecule has 8 nitrogen and oxygen atoms in total. The highest BCUT2D eigenvalue weighted by atomic mass is 35.5. The Hall–Kier alpha value is -2.48. The van der Waals surface area contributed by atoms with Crippen molar-refractivity contribution < 1.29 is 18.5 Å². The van der Waals surface area contributed by atoms with Crippen LogP contribution in [0.2, 0.25) is 4.34 Å². The fourth-order valence-electron chi connectivity index (χ4n) is 2.80. The van der Waals surface area contributed by atoms with Crippen molar-refractivity contribution in [3.05, 3.63) is 39.4 Å². The molecule has 1 N–H and O–H groups in total. The van der Waals surface area contributed by atoms with E-state index in [2.05, 4.69) is 9.71 Å².